The molecule has 0 radical (unpaired) electrons. The van der Waals surface area contributed by atoms with Gasteiger partial charge in [-0.05, 0) is 30.3 Å². The fourth-order valence-corrected chi connectivity index (χ4v) is 3.44. The van der Waals surface area contributed by atoms with Crippen LogP contribution in [0.2, 0.25) is 10.0 Å². The Balaban J connectivity index is 1.76. The van der Waals surface area contributed by atoms with Crippen molar-refractivity contribution >= 4 is 41.0 Å². The summed E-state index contributed by atoms with van der Waals surface area (Å²) in [6.45, 7) is 0. The average Bonchev–Trinajstić information content (AvgIpc) is 3.13. The van der Waals surface area contributed by atoms with Gasteiger partial charge in [0.05, 0.1) is 22.5 Å². The zero-order valence-electron chi connectivity index (χ0n) is 16.1. The van der Waals surface area contributed by atoms with Gasteiger partial charge in [-0.3, -0.25) is 9.20 Å². The molecule has 0 atom stereocenters. The maximum absolute atomic E-state index is 13.3. The van der Waals surface area contributed by atoms with Crippen LogP contribution in [0.15, 0.2) is 72.0 Å². The normalized spacial score (nSPS) is 11.9. The van der Waals surface area contributed by atoms with Crippen molar-refractivity contribution in [1.29, 1.82) is 0 Å². The van der Waals surface area contributed by atoms with E-state index in [1.165, 1.54) is 22.7 Å². The minimum atomic E-state index is -4.59. The van der Waals surface area contributed by atoms with E-state index in [0.29, 0.717) is 21.8 Å². The van der Waals surface area contributed by atoms with Gasteiger partial charge >= 0.3 is 6.18 Å². The van der Waals surface area contributed by atoms with Crippen LogP contribution in [-0.4, -0.2) is 21.5 Å². The molecule has 2 aromatic heterocycles. The minimum absolute atomic E-state index is 0.129. The number of halogens is 5. The molecule has 0 aliphatic carbocycles. The number of imidazole rings is 1. The first-order valence-corrected chi connectivity index (χ1v) is 9.93. The topological polar surface area (TPSA) is 58.8 Å². The molecule has 4 aromatic rings. The Labute approximate surface area is 190 Å². The molecule has 0 bridgehead atoms. The lowest BCUT2D eigenvalue weighted by atomic mass is 10.1. The van der Waals surface area contributed by atoms with E-state index in [9.17, 15) is 18.0 Å². The first-order valence-electron chi connectivity index (χ1n) is 9.17. The molecule has 1 N–H and O–H groups in total. The molecule has 1 amide bonds. The number of aromatic nitrogens is 2. The number of amides is 1. The van der Waals surface area contributed by atoms with Crippen LogP contribution >= 0.6 is 23.2 Å². The van der Waals surface area contributed by atoms with Gasteiger partial charge in [0, 0.05) is 22.3 Å². The molecular formula is C22H13Cl2F3N4O. The van der Waals surface area contributed by atoms with E-state index in [0.717, 1.165) is 12.3 Å². The number of hydrazone groups is 1. The van der Waals surface area contributed by atoms with Crippen molar-refractivity contribution in [3.05, 3.63) is 93.7 Å². The van der Waals surface area contributed by atoms with Crippen LogP contribution < -0.4 is 5.43 Å². The number of carbonyl (C=O) groups is 1. The summed E-state index contributed by atoms with van der Waals surface area (Å²) in [5.74, 6) is -0.486. The number of nitrogens with zero attached hydrogens (tertiary/aromatic N) is 3. The van der Waals surface area contributed by atoms with Gasteiger partial charge in [0.15, 0.2) is 5.65 Å². The van der Waals surface area contributed by atoms with Crippen molar-refractivity contribution in [3.63, 3.8) is 0 Å². The Hall–Kier alpha value is -3.36. The lowest BCUT2D eigenvalue weighted by Gasteiger charge is -2.10. The van der Waals surface area contributed by atoms with Gasteiger partial charge in [-0.25, -0.2) is 10.4 Å². The van der Waals surface area contributed by atoms with Crippen LogP contribution in [0.25, 0.3) is 16.9 Å². The van der Waals surface area contributed by atoms with Crippen molar-refractivity contribution in [3.8, 4) is 11.3 Å². The van der Waals surface area contributed by atoms with Crippen molar-refractivity contribution in [2.45, 2.75) is 6.18 Å². The highest BCUT2D eigenvalue weighted by Crippen LogP contribution is 2.35. The smallest absolute Gasteiger partial charge is 0.297 e. The van der Waals surface area contributed by atoms with Gasteiger partial charge in [0.25, 0.3) is 5.91 Å². The van der Waals surface area contributed by atoms with Gasteiger partial charge in [-0.2, -0.15) is 18.3 Å². The third-order valence-electron chi connectivity index (χ3n) is 4.54. The summed E-state index contributed by atoms with van der Waals surface area (Å²) in [6, 6.07) is 15.7. The van der Waals surface area contributed by atoms with E-state index in [2.05, 4.69) is 15.5 Å². The second kappa shape index (κ2) is 8.64. The summed E-state index contributed by atoms with van der Waals surface area (Å²) in [5, 5.41) is 4.24. The number of alkyl halides is 3. The third kappa shape index (κ3) is 4.46. The molecular weight excluding hydrogens is 464 g/mol. The van der Waals surface area contributed by atoms with Gasteiger partial charge < -0.3 is 0 Å². The van der Waals surface area contributed by atoms with Crippen LogP contribution in [0.4, 0.5) is 13.2 Å². The Morgan fingerprint density at radius 3 is 2.41 bits per heavy atom. The number of carbonyl (C=O) groups excluding carboxylic acids is 1. The van der Waals surface area contributed by atoms with E-state index >= 15 is 0 Å². The Bertz CT molecular complexity index is 1320. The maximum atomic E-state index is 13.3. The van der Waals surface area contributed by atoms with Crippen LogP contribution in [0.3, 0.4) is 0 Å². The fraction of sp³-hybridized carbons (Fsp3) is 0.0455. The molecule has 0 unspecified atom stereocenters. The zero-order valence-corrected chi connectivity index (χ0v) is 17.6. The number of hydrogen-bond donors (Lipinski definition) is 1. The maximum Gasteiger partial charge on any atom is 0.417 e. The van der Waals surface area contributed by atoms with E-state index < -0.39 is 17.6 Å². The molecule has 32 heavy (non-hydrogen) atoms. The second-order valence-corrected chi connectivity index (χ2v) is 7.53. The molecule has 4 rings (SSSR count). The monoisotopic (exact) mass is 476 g/mol. The van der Waals surface area contributed by atoms with Crippen molar-refractivity contribution in [1.82, 2.24) is 14.8 Å². The largest absolute Gasteiger partial charge is 0.417 e. The molecule has 162 valence electrons. The highest BCUT2D eigenvalue weighted by atomic mass is 35.5. The molecule has 2 aromatic carbocycles. The number of pyridine rings is 1. The highest BCUT2D eigenvalue weighted by molar-refractivity contribution is 6.33. The number of hydrogen-bond acceptors (Lipinski definition) is 3. The number of rotatable bonds is 4. The van der Waals surface area contributed by atoms with Gasteiger partial charge in [-0.15, -0.1) is 0 Å². The number of nitrogens with one attached hydrogen (secondary N) is 1. The van der Waals surface area contributed by atoms with E-state index in [1.807, 2.05) is 0 Å². The summed E-state index contributed by atoms with van der Waals surface area (Å²) in [6.07, 6.45) is -2.40. The molecule has 0 saturated heterocycles. The number of benzene rings is 2. The standard InChI is InChI=1S/C22H13Cl2F3N4O/c23-16-8-6-14(7-9-16)21(32)30-28-11-18-19(13-4-2-1-3-5-13)31-12-15(22(25,26)27)10-17(24)20(31)29-18/h1-12H,(H,30,32). The molecule has 0 fully saturated rings. The van der Waals surface area contributed by atoms with Gasteiger partial charge in [0.1, 0.15) is 5.69 Å². The molecule has 10 heteroatoms. The van der Waals surface area contributed by atoms with Gasteiger partial charge in [-0.1, -0.05) is 53.5 Å². The SMILES string of the molecule is O=C(NN=Cc1nc2c(Cl)cc(C(F)(F)F)cn2c1-c1ccccc1)c1ccc(Cl)cc1. The van der Waals surface area contributed by atoms with E-state index in [1.54, 1.807) is 42.5 Å². The molecule has 0 spiro atoms. The predicted octanol–water partition coefficient (Wildman–Crippen LogP) is 6.09. The van der Waals surface area contributed by atoms with E-state index in [-0.39, 0.29) is 16.4 Å². The van der Waals surface area contributed by atoms with Crippen LogP contribution in [0.1, 0.15) is 21.6 Å². The van der Waals surface area contributed by atoms with Crippen molar-refractivity contribution < 1.29 is 18.0 Å². The highest BCUT2D eigenvalue weighted by Gasteiger charge is 2.32. The Kier molecular flexibility index (Phi) is 5.90. The molecule has 5 nitrogen and oxygen atoms in total. The zero-order chi connectivity index (χ0) is 22.9. The first kappa shape index (κ1) is 21.9. The summed E-state index contributed by atoms with van der Waals surface area (Å²) >= 11 is 11.9. The summed E-state index contributed by atoms with van der Waals surface area (Å²) in [4.78, 5) is 16.6. The van der Waals surface area contributed by atoms with E-state index in [4.69, 9.17) is 23.2 Å². The first-order chi connectivity index (χ1) is 15.2. The molecule has 0 aliphatic rings. The van der Waals surface area contributed by atoms with Crippen LogP contribution in [0, 0.1) is 0 Å². The third-order valence-corrected chi connectivity index (χ3v) is 5.07. The summed E-state index contributed by atoms with van der Waals surface area (Å²) < 4.78 is 41.3. The minimum Gasteiger partial charge on any atom is -0.297 e. The lowest BCUT2D eigenvalue weighted by molar-refractivity contribution is -0.137. The fourth-order valence-electron chi connectivity index (χ4n) is 3.07. The Morgan fingerprint density at radius 2 is 1.75 bits per heavy atom. The van der Waals surface area contributed by atoms with Gasteiger partial charge in [0.2, 0.25) is 0 Å². The summed E-state index contributed by atoms with van der Waals surface area (Å²) in [5.41, 5.74) is 3.09. The number of fused-ring (bicyclic) bond motifs is 1. The van der Waals surface area contributed by atoms with Crippen molar-refractivity contribution in [2.75, 3.05) is 0 Å². The van der Waals surface area contributed by atoms with Crippen molar-refractivity contribution in [2.24, 2.45) is 5.10 Å². The quantitative estimate of drug-likeness (QED) is 0.286. The predicted molar refractivity (Wildman–Crippen MR) is 117 cm³/mol. The average molecular weight is 477 g/mol. The molecule has 2 heterocycles. The van der Waals surface area contributed by atoms with Crippen LogP contribution in [-0.2, 0) is 6.18 Å². The molecule has 0 saturated carbocycles. The lowest BCUT2D eigenvalue weighted by Crippen LogP contribution is -2.17. The Morgan fingerprint density at radius 1 is 1.06 bits per heavy atom. The second-order valence-electron chi connectivity index (χ2n) is 6.69. The molecule has 0 aliphatic heterocycles. The summed E-state index contributed by atoms with van der Waals surface area (Å²) in [7, 11) is 0. The van der Waals surface area contributed by atoms with Crippen LogP contribution in [0.5, 0.6) is 0 Å².